The zero-order valence-corrected chi connectivity index (χ0v) is 17.8. The first-order chi connectivity index (χ1) is 14.9. The summed E-state index contributed by atoms with van der Waals surface area (Å²) in [5, 5.41) is 14.1. The third-order valence-corrected chi connectivity index (χ3v) is 5.61. The number of carbonyl (C=O) groups is 3. The highest BCUT2D eigenvalue weighted by Crippen LogP contribution is 2.44. The van der Waals surface area contributed by atoms with Crippen molar-refractivity contribution in [1.82, 2.24) is 10.6 Å². The molecule has 1 aliphatic carbocycles. The fourth-order valence-electron chi connectivity index (χ4n) is 3.78. The number of carboxylic acids is 1. The highest BCUT2D eigenvalue weighted by molar-refractivity contribution is 5.85. The maximum absolute atomic E-state index is 12.3. The molecule has 0 bridgehead atoms. The molecule has 3 rings (SSSR count). The van der Waals surface area contributed by atoms with E-state index in [9.17, 15) is 14.4 Å². The number of carbonyl (C=O) groups excluding carboxylic acids is 2. The summed E-state index contributed by atoms with van der Waals surface area (Å²) in [5.74, 6) is -1.68. The third kappa shape index (κ3) is 5.42. The molecule has 31 heavy (non-hydrogen) atoms. The van der Waals surface area contributed by atoms with Gasteiger partial charge >= 0.3 is 12.1 Å². The second kappa shape index (κ2) is 10.1. The Kier molecular flexibility index (Phi) is 7.28. The van der Waals surface area contributed by atoms with E-state index in [1.54, 1.807) is 13.8 Å². The van der Waals surface area contributed by atoms with Crippen molar-refractivity contribution < 1.29 is 24.2 Å². The minimum atomic E-state index is -0.850. The maximum atomic E-state index is 12.3. The molecule has 0 heterocycles. The van der Waals surface area contributed by atoms with Gasteiger partial charge in [0.15, 0.2) is 0 Å². The van der Waals surface area contributed by atoms with Crippen molar-refractivity contribution in [2.75, 3.05) is 13.2 Å². The number of amides is 2. The predicted molar refractivity (Wildman–Crippen MR) is 117 cm³/mol. The highest BCUT2D eigenvalue weighted by Gasteiger charge is 2.29. The molecule has 2 aromatic carbocycles. The van der Waals surface area contributed by atoms with E-state index in [0.29, 0.717) is 19.4 Å². The average Bonchev–Trinajstić information content (AvgIpc) is 3.08. The molecule has 2 atom stereocenters. The molecule has 0 aromatic heterocycles. The van der Waals surface area contributed by atoms with E-state index in [2.05, 4.69) is 22.8 Å². The van der Waals surface area contributed by atoms with E-state index in [0.717, 1.165) is 22.3 Å². The first-order valence-corrected chi connectivity index (χ1v) is 10.5. The number of ether oxygens (including phenoxy) is 1. The van der Waals surface area contributed by atoms with E-state index < -0.39 is 24.0 Å². The number of carboxylic acid groups (broad SMARTS) is 1. The number of hydrogen-bond donors (Lipinski definition) is 3. The van der Waals surface area contributed by atoms with Gasteiger partial charge in [0.1, 0.15) is 12.6 Å². The number of nitrogens with one attached hydrogen (secondary N) is 2. The average molecular weight is 424 g/mol. The highest BCUT2D eigenvalue weighted by atomic mass is 16.5. The van der Waals surface area contributed by atoms with Crippen LogP contribution in [-0.4, -0.2) is 42.3 Å². The molecule has 164 valence electrons. The van der Waals surface area contributed by atoms with Gasteiger partial charge in [0, 0.05) is 12.5 Å². The van der Waals surface area contributed by atoms with Gasteiger partial charge in [0.25, 0.3) is 0 Å². The molecule has 0 aliphatic heterocycles. The fourth-order valence-corrected chi connectivity index (χ4v) is 3.78. The molecular weight excluding hydrogens is 396 g/mol. The van der Waals surface area contributed by atoms with Crippen LogP contribution in [0.15, 0.2) is 48.5 Å². The normalized spacial score (nSPS) is 14.1. The van der Waals surface area contributed by atoms with Gasteiger partial charge in [-0.05, 0) is 42.0 Å². The van der Waals surface area contributed by atoms with Gasteiger partial charge in [0.05, 0.1) is 5.92 Å². The SMILES string of the molecule is CC(CCCNC(=O)C(C)NC(=O)OCC1c2ccccc2-c2ccccc21)C(=O)O. The number of fused-ring (bicyclic) bond motifs is 3. The topological polar surface area (TPSA) is 105 Å². The summed E-state index contributed by atoms with van der Waals surface area (Å²) >= 11 is 0. The lowest BCUT2D eigenvalue weighted by Crippen LogP contribution is -2.45. The van der Waals surface area contributed by atoms with E-state index in [1.165, 1.54) is 0 Å². The number of aliphatic carboxylic acids is 1. The van der Waals surface area contributed by atoms with Gasteiger partial charge in [-0.15, -0.1) is 0 Å². The van der Waals surface area contributed by atoms with Gasteiger partial charge in [-0.1, -0.05) is 55.5 Å². The van der Waals surface area contributed by atoms with Crippen LogP contribution in [0, 0.1) is 5.92 Å². The van der Waals surface area contributed by atoms with E-state index in [-0.39, 0.29) is 18.4 Å². The Morgan fingerprint density at radius 2 is 1.58 bits per heavy atom. The molecule has 3 N–H and O–H groups in total. The minimum Gasteiger partial charge on any atom is -0.481 e. The van der Waals surface area contributed by atoms with Crippen LogP contribution < -0.4 is 10.6 Å². The largest absolute Gasteiger partial charge is 0.481 e. The Balaban J connectivity index is 1.47. The lowest BCUT2D eigenvalue weighted by molar-refractivity contribution is -0.141. The van der Waals surface area contributed by atoms with Crippen LogP contribution in [0.2, 0.25) is 0 Å². The molecule has 2 amide bonds. The van der Waals surface area contributed by atoms with E-state index in [4.69, 9.17) is 9.84 Å². The van der Waals surface area contributed by atoms with Crippen molar-refractivity contribution >= 4 is 18.0 Å². The number of benzene rings is 2. The lowest BCUT2D eigenvalue weighted by atomic mass is 9.98. The Morgan fingerprint density at radius 3 is 2.16 bits per heavy atom. The molecule has 2 unspecified atom stereocenters. The van der Waals surface area contributed by atoms with Gasteiger partial charge in [-0.25, -0.2) is 4.79 Å². The lowest BCUT2D eigenvalue weighted by Gasteiger charge is -2.17. The van der Waals surface area contributed by atoms with Crippen molar-refractivity contribution in [2.24, 2.45) is 5.92 Å². The summed E-state index contributed by atoms with van der Waals surface area (Å²) in [6.07, 6.45) is 0.379. The molecule has 7 heteroatoms. The van der Waals surface area contributed by atoms with E-state index >= 15 is 0 Å². The van der Waals surface area contributed by atoms with Crippen LogP contribution in [0.25, 0.3) is 11.1 Å². The Hall–Kier alpha value is -3.35. The Bertz CT molecular complexity index is 913. The van der Waals surface area contributed by atoms with Crippen LogP contribution in [0.3, 0.4) is 0 Å². The summed E-state index contributed by atoms with van der Waals surface area (Å²) in [6, 6.07) is 15.4. The minimum absolute atomic E-state index is 0.0430. The third-order valence-electron chi connectivity index (χ3n) is 5.61. The van der Waals surface area contributed by atoms with Crippen molar-refractivity contribution in [3.05, 3.63) is 59.7 Å². The zero-order chi connectivity index (χ0) is 22.4. The molecule has 7 nitrogen and oxygen atoms in total. The standard InChI is InChI=1S/C24H28N2O5/c1-15(23(28)29)8-7-13-25-22(27)16(2)26-24(30)31-14-21-19-11-5-3-9-17(19)18-10-4-6-12-20(18)21/h3-6,9-12,15-16,21H,7-8,13-14H2,1-2H3,(H,25,27)(H,26,30)(H,28,29). The monoisotopic (exact) mass is 424 g/mol. The van der Waals surface area contributed by atoms with Gasteiger partial charge in [-0.2, -0.15) is 0 Å². The van der Waals surface area contributed by atoms with Crippen molar-refractivity contribution in [1.29, 1.82) is 0 Å². The number of hydrogen-bond acceptors (Lipinski definition) is 4. The predicted octanol–water partition coefficient (Wildman–Crippen LogP) is 3.53. The zero-order valence-electron chi connectivity index (χ0n) is 17.8. The van der Waals surface area contributed by atoms with Crippen LogP contribution in [0.4, 0.5) is 4.79 Å². The number of alkyl carbamates (subject to hydrolysis) is 1. The summed E-state index contributed by atoms with van der Waals surface area (Å²) in [4.78, 5) is 35.2. The molecular formula is C24H28N2O5. The molecule has 0 fully saturated rings. The van der Waals surface area contributed by atoms with Crippen LogP contribution in [0.1, 0.15) is 43.7 Å². The smallest absolute Gasteiger partial charge is 0.407 e. The second-order valence-corrected chi connectivity index (χ2v) is 7.86. The Labute approximate surface area is 181 Å². The molecule has 0 saturated carbocycles. The summed E-state index contributed by atoms with van der Waals surface area (Å²) < 4.78 is 5.45. The quantitative estimate of drug-likeness (QED) is 0.534. The molecule has 2 aromatic rings. The van der Waals surface area contributed by atoms with Crippen LogP contribution >= 0.6 is 0 Å². The number of rotatable bonds is 9. The van der Waals surface area contributed by atoms with Gasteiger partial charge in [0.2, 0.25) is 5.91 Å². The van der Waals surface area contributed by atoms with Crippen molar-refractivity contribution in [3.8, 4) is 11.1 Å². The first-order valence-electron chi connectivity index (χ1n) is 10.5. The van der Waals surface area contributed by atoms with Crippen molar-refractivity contribution in [2.45, 2.75) is 38.6 Å². The second-order valence-electron chi connectivity index (χ2n) is 7.86. The molecule has 0 radical (unpaired) electrons. The van der Waals surface area contributed by atoms with Gasteiger partial charge in [-0.3, -0.25) is 9.59 Å². The van der Waals surface area contributed by atoms with Crippen LogP contribution in [-0.2, 0) is 14.3 Å². The summed E-state index contributed by atoms with van der Waals surface area (Å²) in [5.41, 5.74) is 4.55. The summed E-state index contributed by atoms with van der Waals surface area (Å²) in [7, 11) is 0. The summed E-state index contributed by atoms with van der Waals surface area (Å²) in [6.45, 7) is 3.75. The molecule has 0 spiro atoms. The molecule has 1 aliphatic rings. The molecule has 0 saturated heterocycles. The van der Waals surface area contributed by atoms with Gasteiger partial charge < -0.3 is 20.5 Å². The Morgan fingerprint density at radius 1 is 1.00 bits per heavy atom. The van der Waals surface area contributed by atoms with Crippen LogP contribution in [0.5, 0.6) is 0 Å². The van der Waals surface area contributed by atoms with E-state index in [1.807, 2.05) is 36.4 Å². The van der Waals surface area contributed by atoms with Crippen molar-refractivity contribution in [3.63, 3.8) is 0 Å². The first kappa shape index (κ1) is 22.3. The fraction of sp³-hybridized carbons (Fsp3) is 0.375. The maximum Gasteiger partial charge on any atom is 0.407 e.